The van der Waals surface area contributed by atoms with Crippen molar-refractivity contribution in [1.29, 1.82) is 0 Å². The number of allylic oxidation sites excluding steroid dienone is 6. The molecule has 0 radical (unpaired) electrons. The maximum atomic E-state index is 13.2. The van der Waals surface area contributed by atoms with Crippen LogP contribution in [0.3, 0.4) is 0 Å². The molecule has 0 saturated carbocycles. The molecule has 1 saturated heterocycles. The highest BCUT2D eigenvalue weighted by Gasteiger charge is 2.44. The van der Waals surface area contributed by atoms with Crippen molar-refractivity contribution >= 4 is 5.91 Å². The summed E-state index contributed by atoms with van der Waals surface area (Å²) in [5, 5.41) is 76.2. The van der Waals surface area contributed by atoms with Gasteiger partial charge in [0.2, 0.25) is 5.91 Å². The molecule has 0 aromatic carbocycles. The molecule has 0 aromatic heterocycles. The Balaban J connectivity index is 2.23. The van der Waals surface area contributed by atoms with Crippen LogP contribution in [0.15, 0.2) is 36.5 Å². The molecule has 1 aliphatic heterocycles. The molecule has 0 aliphatic carbocycles. The molecule has 8 N–H and O–H groups in total. The fraction of sp³-hybridized carbons (Fsp3) is 0.891. The lowest BCUT2D eigenvalue weighted by Gasteiger charge is -2.40. The molecule has 9 atom stereocenters. The van der Waals surface area contributed by atoms with Gasteiger partial charge >= 0.3 is 0 Å². The average Bonchev–Trinajstić information content (AvgIpc) is 3.41. The van der Waals surface area contributed by atoms with Gasteiger partial charge in [0, 0.05) is 0 Å². The van der Waals surface area contributed by atoms with Gasteiger partial charge in [0.1, 0.15) is 36.6 Å². The highest BCUT2D eigenvalue weighted by molar-refractivity contribution is 5.80. The molecule has 11 nitrogen and oxygen atoms in total. The summed E-state index contributed by atoms with van der Waals surface area (Å²) in [6.07, 6.45) is 55.1. The summed E-state index contributed by atoms with van der Waals surface area (Å²) in [4.78, 5) is 13.2. The Kier molecular flexibility index (Phi) is 50.4. The minimum Gasteiger partial charge on any atom is -0.394 e. The number of nitrogens with one attached hydrogen (secondary N) is 1. The minimum atomic E-state index is -1.67. The van der Waals surface area contributed by atoms with Crippen LogP contribution >= 0.6 is 0 Å². The van der Waals surface area contributed by atoms with Crippen LogP contribution in [-0.2, 0) is 14.3 Å². The van der Waals surface area contributed by atoms with E-state index in [2.05, 4.69) is 55.6 Å². The molecule has 1 fully saturated rings. The molecular formula is C64H121NO10. The van der Waals surface area contributed by atoms with Crippen molar-refractivity contribution in [2.75, 3.05) is 13.2 Å². The van der Waals surface area contributed by atoms with Crippen LogP contribution in [0.1, 0.15) is 296 Å². The molecular weight excluding hydrogens is 943 g/mol. The monoisotopic (exact) mass is 1060 g/mol. The maximum Gasteiger partial charge on any atom is 0.249 e. The highest BCUT2D eigenvalue weighted by Crippen LogP contribution is 2.23. The number of aliphatic hydroxyl groups is 7. The van der Waals surface area contributed by atoms with Crippen LogP contribution in [0, 0.1) is 0 Å². The van der Waals surface area contributed by atoms with Gasteiger partial charge in [-0.3, -0.25) is 4.79 Å². The second kappa shape index (κ2) is 53.0. The van der Waals surface area contributed by atoms with Crippen LogP contribution < -0.4 is 5.32 Å². The zero-order valence-electron chi connectivity index (χ0n) is 48.5. The van der Waals surface area contributed by atoms with E-state index in [9.17, 15) is 40.5 Å². The number of ether oxygens (including phenoxy) is 2. The SMILES string of the molecule is CCCCCCCCCC/C=C/CC/C=C/CCCC(O)C(O)C(COC1OC(CO)C(O)C(O)C1O)NC(=O)C(O)CCCCCCCCCCCCCCCCC/C=C\CCCCCCCCCCCCCC. The molecule has 9 unspecified atom stereocenters. The van der Waals surface area contributed by atoms with Crippen LogP contribution in [0.25, 0.3) is 0 Å². The van der Waals surface area contributed by atoms with Gasteiger partial charge < -0.3 is 50.5 Å². The summed E-state index contributed by atoms with van der Waals surface area (Å²) in [5.74, 6) is -0.707. The lowest BCUT2D eigenvalue weighted by atomic mass is 9.98. The molecule has 0 aromatic rings. The second-order valence-corrected chi connectivity index (χ2v) is 22.5. The molecule has 1 aliphatic rings. The molecule has 442 valence electrons. The van der Waals surface area contributed by atoms with Gasteiger partial charge in [-0.05, 0) is 77.0 Å². The number of carbonyl (C=O) groups is 1. The van der Waals surface area contributed by atoms with Crippen molar-refractivity contribution in [3.05, 3.63) is 36.5 Å². The first kappa shape index (κ1) is 71.3. The van der Waals surface area contributed by atoms with E-state index in [1.165, 1.54) is 212 Å². The number of aliphatic hydroxyl groups excluding tert-OH is 7. The summed E-state index contributed by atoms with van der Waals surface area (Å²) in [6, 6.07) is -1.19. The van der Waals surface area contributed by atoms with Crippen molar-refractivity contribution in [2.45, 2.75) is 351 Å². The minimum absolute atomic E-state index is 0.247. The number of amides is 1. The predicted octanol–water partition coefficient (Wildman–Crippen LogP) is 14.2. The van der Waals surface area contributed by atoms with Crippen molar-refractivity contribution in [3.8, 4) is 0 Å². The van der Waals surface area contributed by atoms with Gasteiger partial charge in [-0.1, -0.05) is 256 Å². The molecule has 11 heteroatoms. The quantitative estimate of drug-likeness (QED) is 0.0215. The normalized spacial score (nSPS) is 19.9. The van der Waals surface area contributed by atoms with Crippen LogP contribution in [0.4, 0.5) is 0 Å². The van der Waals surface area contributed by atoms with E-state index >= 15 is 0 Å². The summed E-state index contributed by atoms with van der Waals surface area (Å²) >= 11 is 0. The number of unbranched alkanes of at least 4 members (excludes halogenated alkanes) is 37. The van der Waals surface area contributed by atoms with Crippen LogP contribution in [-0.4, -0.2) is 110 Å². The number of rotatable bonds is 55. The van der Waals surface area contributed by atoms with E-state index in [4.69, 9.17) is 9.47 Å². The largest absolute Gasteiger partial charge is 0.394 e. The third kappa shape index (κ3) is 41.1. The highest BCUT2D eigenvalue weighted by atomic mass is 16.7. The lowest BCUT2D eigenvalue weighted by Crippen LogP contribution is -2.60. The smallest absolute Gasteiger partial charge is 0.249 e. The molecule has 1 heterocycles. The number of hydrogen-bond donors (Lipinski definition) is 8. The molecule has 1 rings (SSSR count). The zero-order chi connectivity index (χ0) is 54.7. The lowest BCUT2D eigenvalue weighted by molar-refractivity contribution is -0.303. The van der Waals surface area contributed by atoms with Gasteiger partial charge in [0.05, 0.1) is 25.4 Å². The molecule has 1 amide bonds. The summed E-state index contributed by atoms with van der Waals surface area (Å²) < 4.78 is 11.1. The fourth-order valence-electron chi connectivity index (χ4n) is 10.2. The standard InChI is InChI=1S/C64H121NO10/c1-3-5-7-9-11-13-15-17-19-21-22-23-24-25-26-27-28-29-30-31-32-33-34-36-38-40-42-44-46-48-50-52-57(68)63(73)65-55(54-74-64-62(72)61(71)60(70)58(53-66)75-64)59(69)56(67)51-49-47-45-43-41-39-37-35-20-18-16-14-12-10-8-6-4-2/h25-26,35,37,43,45,55-62,64,66-72H,3-24,27-34,36,38-42,44,46-54H2,1-2H3,(H,65,73)/b26-25-,37-35+,45-43+. The Labute approximate surface area is 460 Å². The topological polar surface area (TPSA) is 189 Å². The fourth-order valence-corrected chi connectivity index (χ4v) is 10.2. The summed E-state index contributed by atoms with van der Waals surface area (Å²) in [7, 11) is 0. The second-order valence-electron chi connectivity index (χ2n) is 22.5. The van der Waals surface area contributed by atoms with Crippen LogP contribution in [0.2, 0.25) is 0 Å². The Morgan fingerprint density at radius 2 is 0.800 bits per heavy atom. The van der Waals surface area contributed by atoms with Gasteiger partial charge in [-0.25, -0.2) is 0 Å². The van der Waals surface area contributed by atoms with Gasteiger partial charge in [0.15, 0.2) is 6.29 Å². The first-order valence-electron chi connectivity index (χ1n) is 31.9. The Morgan fingerprint density at radius 3 is 1.19 bits per heavy atom. The Bertz CT molecular complexity index is 1310. The van der Waals surface area contributed by atoms with Crippen molar-refractivity contribution in [2.24, 2.45) is 0 Å². The van der Waals surface area contributed by atoms with Crippen molar-refractivity contribution in [3.63, 3.8) is 0 Å². The maximum absolute atomic E-state index is 13.2. The third-order valence-electron chi connectivity index (χ3n) is 15.4. The van der Waals surface area contributed by atoms with E-state index < -0.39 is 74.2 Å². The van der Waals surface area contributed by atoms with Crippen LogP contribution in [0.5, 0.6) is 0 Å². The average molecular weight is 1060 g/mol. The zero-order valence-corrected chi connectivity index (χ0v) is 48.5. The summed E-state index contributed by atoms with van der Waals surface area (Å²) in [5.41, 5.74) is 0. The first-order valence-corrected chi connectivity index (χ1v) is 31.9. The van der Waals surface area contributed by atoms with Gasteiger partial charge in [0.25, 0.3) is 0 Å². The number of carbonyl (C=O) groups excluding carboxylic acids is 1. The Hall–Kier alpha value is -1.67. The molecule has 75 heavy (non-hydrogen) atoms. The van der Waals surface area contributed by atoms with E-state index in [-0.39, 0.29) is 12.8 Å². The Morgan fingerprint density at radius 1 is 0.453 bits per heavy atom. The van der Waals surface area contributed by atoms with Crippen molar-refractivity contribution < 1.29 is 50.0 Å². The molecule has 0 bridgehead atoms. The van der Waals surface area contributed by atoms with Crippen molar-refractivity contribution in [1.82, 2.24) is 5.32 Å². The van der Waals surface area contributed by atoms with E-state index in [1.807, 2.05) is 0 Å². The third-order valence-corrected chi connectivity index (χ3v) is 15.4. The molecule has 0 spiro atoms. The summed E-state index contributed by atoms with van der Waals surface area (Å²) in [6.45, 7) is 3.46. The van der Waals surface area contributed by atoms with Gasteiger partial charge in [-0.2, -0.15) is 0 Å². The van der Waals surface area contributed by atoms with E-state index in [0.29, 0.717) is 19.3 Å². The van der Waals surface area contributed by atoms with E-state index in [0.717, 1.165) is 38.5 Å². The number of hydrogen-bond acceptors (Lipinski definition) is 10. The van der Waals surface area contributed by atoms with Gasteiger partial charge in [-0.15, -0.1) is 0 Å². The van der Waals surface area contributed by atoms with E-state index in [1.54, 1.807) is 0 Å². The predicted molar refractivity (Wildman–Crippen MR) is 312 cm³/mol. The first-order chi connectivity index (χ1) is 36.7.